The van der Waals surface area contributed by atoms with Crippen LogP contribution in [0.1, 0.15) is 17.3 Å². The van der Waals surface area contributed by atoms with Gasteiger partial charge in [-0.1, -0.05) is 6.92 Å². The molecular formula is C16H21NO9. The number of aromatic hydroxyl groups is 1. The molecule has 0 spiro atoms. The number of aliphatic hydroxyl groups is 4. The summed E-state index contributed by atoms with van der Waals surface area (Å²) in [5.74, 6) is -3.50. The number of anilines is 1. The van der Waals surface area contributed by atoms with E-state index in [2.05, 4.69) is 5.32 Å². The minimum Gasteiger partial charge on any atom is -0.507 e. The summed E-state index contributed by atoms with van der Waals surface area (Å²) in [7, 11) is 0. The van der Waals surface area contributed by atoms with Gasteiger partial charge in [-0.2, -0.15) is 0 Å². The number of phenols is 1. The molecule has 0 bridgehead atoms. The number of nitrogens with one attached hydrogen (secondary N) is 1. The van der Waals surface area contributed by atoms with E-state index in [9.17, 15) is 35.1 Å². The third-order valence-corrected chi connectivity index (χ3v) is 4.33. The van der Waals surface area contributed by atoms with Crippen LogP contribution >= 0.6 is 0 Å². The van der Waals surface area contributed by atoms with Crippen LogP contribution in [-0.4, -0.2) is 79.6 Å². The van der Waals surface area contributed by atoms with Gasteiger partial charge in [0.15, 0.2) is 0 Å². The largest absolute Gasteiger partial charge is 0.507 e. The first-order valence-electron chi connectivity index (χ1n) is 7.85. The number of carboxylic acids is 1. The molecule has 1 heterocycles. The van der Waals surface area contributed by atoms with Gasteiger partial charge in [0.05, 0.1) is 18.6 Å². The molecule has 10 heteroatoms. The van der Waals surface area contributed by atoms with E-state index in [0.29, 0.717) is 0 Å². The molecule has 1 fully saturated rings. The van der Waals surface area contributed by atoms with Crippen molar-refractivity contribution < 1.29 is 45.0 Å². The normalized spacial score (nSPS) is 29.8. The summed E-state index contributed by atoms with van der Waals surface area (Å²) in [6, 6.07) is 3.45. The zero-order chi connectivity index (χ0) is 19.6. The van der Waals surface area contributed by atoms with Gasteiger partial charge in [0.25, 0.3) is 0 Å². The Morgan fingerprint density at radius 1 is 1.19 bits per heavy atom. The lowest BCUT2D eigenvalue weighted by atomic mass is 9.88. The van der Waals surface area contributed by atoms with Crippen molar-refractivity contribution in [3.8, 4) is 5.75 Å². The maximum atomic E-state index is 12.4. The first kappa shape index (κ1) is 20.1. The van der Waals surface area contributed by atoms with Gasteiger partial charge in [-0.05, 0) is 12.1 Å². The molecule has 0 aromatic heterocycles. The zero-order valence-electron chi connectivity index (χ0n) is 13.8. The van der Waals surface area contributed by atoms with Gasteiger partial charge in [-0.3, -0.25) is 4.79 Å². The van der Waals surface area contributed by atoms with Gasteiger partial charge in [-0.25, -0.2) is 4.79 Å². The Bertz CT molecular complexity index is 678. The topological polar surface area (TPSA) is 177 Å². The summed E-state index contributed by atoms with van der Waals surface area (Å²) in [6.07, 6.45) is -7.01. The molecule has 10 nitrogen and oxygen atoms in total. The highest BCUT2D eigenvalue weighted by atomic mass is 16.5. The molecule has 144 valence electrons. The number of ether oxygens (including phenoxy) is 1. The number of benzene rings is 1. The van der Waals surface area contributed by atoms with Gasteiger partial charge < -0.3 is 40.7 Å². The SMILES string of the molecule is CC(C(=O)Nc1ccc(C(=O)O)c(O)c1)C1O[C@H](CO)[C@@H](O)[C@H](O)[C@H]1O. The fourth-order valence-electron chi connectivity index (χ4n) is 2.74. The second-order valence-corrected chi connectivity index (χ2v) is 6.11. The number of amides is 1. The molecule has 2 unspecified atom stereocenters. The summed E-state index contributed by atoms with van der Waals surface area (Å²) in [4.78, 5) is 23.2. The summed E-state index contributed by atoms with van der Waals surface area (Å²) >= 11 is 0. The first-order chi connectivity index (χ1) is 12.2. The van der Waals surface area contributed by atoms with Gasteiger partial charge in [-0.15, -0.1) is 0 Å². The van der Waals surface area contributed by atoms with Crippen LogP contribution in [0.5, 0.6) is 5.75 Å². The van der Waals surface area contributed by atoms with E-state index < -0.39 is 60.7 Å². The molecular weight excluding hydrogens is 350 g/mol. The van der Waals surface area contributed by atoms with Crippen LogP contribution in [0.4, 0.5) is 5.69 Å². The Hall–Kier alpha value is -2.24. The highest BCUT2D eigenvalue weighted by Gasteiger charge is 2.46. The molecule has 7 N–H and O–H groups in total. The van der Waals surface area contributed by atoms with Crippen LogP contribution in [0.15, 0.2) is 18.2 Å². The van der Waals surface area contributed by atoms with Crippen molar-refractivity contribution in [2.75, 3.05) is 11.9 Å². The molecule has 1 amide bonds. The molecule has 1 aliphatic heterocycles. The fourth-order valence-corrected chi connectivity index (χ4v) is 2.74. The minimum atomic E-state index is -1.60. The molecule has 2 rings (SSSR count). The van der Waals surface area contributed by atoms with Crippen molar-refractivity contribution in [3.63, 3.8) is 0 Å². The smallest absolute Gasteiger partial charge is 0.339 e. The molecule has 0 radical (unpaired) electrons. The number of aliphatic hydroxyl groups excluding tert-OH is 4. The lowest BCUT2D eigenvalue weighted by Crippen LogP contribution is -2.61. The lowest BCUT2D eigenvalue weighted by Gasteiger charge is -2.41. The van der Waals surface area contributed by atoms with E-state index in [1.165, 1.54) is 13.0 Å². The fraction of sp³-hybridized carbons (Fsp3) is 0.500. The zero-order valence-corrected chi connectivity index (χ0v) is 13.8. The number of carbonyl (C=O) groups is 2. The minimum absolute atomic E-state index is 0.119. The predicted molar refractivity (Wildman–Crippen MR) is 86.6 cm³/mol. The molecule has 1 aromatic rings. The highest BCUT2D eigenvalue weighted by Crippen LogP contribution is 2.27. The number of hydrogen-bond donors (Lipinski definition) is 7. The van der Waals surface area contributed by atoms with Crippen molar-refractivity contribution in [1.82, 2.24) is 0 Å². The Kier molecular flexibility index (Phi) is 6.16. The van der Waals surface area contributed by atoms with E-state index >= 15 is 0 Å². The Morgan fingerprint density at radius 2 is 1.85 bits per heavy atom. The van der Waals surface area contributed by atoms with Gasteiger partial charge in [0, 0.05) is 11.8 Å². The van der Waals surface area contributed by atoms with Crippen LogP contribution in [0.2, 0.25) is 0 Å². The van der Waals surface area contributed by atoms with E-state index in [1.807, 2.05) is 0 Å². The summed E-state index contributed by atoms with van der Waals surface area (Å²) in [5.41, 5.74) is -0.209. The number of carbonyl (C=O) groups excluding carboxylic acids is 1. The van der Waals surface area contributed by atoms with Crippen molar-refractivity contribution in [2.24, 2.45) is 5.92 Å². The van der Waals surface area contributed by atoms with Gasteiger partial charge >= 0.3 is 5.97 Å². The third-order valence-electron chi connectivity index (χ3n) is 4.33. The predicted octanol–water partition coefficient (Wildman–Crippen LogP) is -1.49. The summed E-state index contributed by atoms with van der Waals surface area (Å²) in [5, 5.41) is 59.7. The van der Waals surface area contributed by atoms with E-state index in [1.54, 1.807) is 0 Å². The molecule has 26 heavy (non-hydrogen) atoms. The first-order valence-corrected chi connectivity index (χ1v) is 7.85. The van der Waals surface area contributed by atoms with E-state index in [-0.39, 0.29) is 11.3 Å². The quantitative estimate of drug-likeness (QED) is 0.325. The van der Waals surface area contributed by atoms with Crippen molar-refractivity contribution in [3.05, 3.63) is 23.8 Å². The van der Waals surface area contributed by atoms with Crippen molar-refractivity contribution >= 4 is 17.6 Å². The molecule has 6 atom stereocenters. The molecule has 1 saturated heterocycles. The molecule has 0 saturated carbocycles. The van der Waals surface area contributed by atoms with Crippen LogP contribution in [0.3, 0.4) is 0 Å². The van der Waals surface area contributed by atoms with Crippen LogP contribution < -0.4 is 5.32 Å². The molecule has 0 aliphatic carbocycles. The average Bonchev–Trinajstić information content (AvgIpc) is 2.59. The monoisotopic (exact) mass is 371 g/mol. The summed E-state index contributed by atoms with van der Waals surface area (Å²) < 4.78 is 5.33. The third kappa shape index (κ3) is 3.94. The molecule has 1 aromatic carbocycles. The van der Waals surface area contributed by atoms with Crippen LogP contribution in [0, 0.1) is 5.92 Å². The van der Waals surface area contributed by atoms with Crippen molar-refractivity contribution in [2.45, 2.75) is 37.4 Å². The standard InChI is InChI=1S/C16H21NO9/c1-6(14-13(22)12(21)11(20)10(5-18)26-14)15(23)17-7-2-3-8(16(24)25)9(19)4-7/h2-4,6,10-14,18-22H,5H2,1H3,(H,17,23)(H,24,25)/t6?,10-,11-,12+,13-,14?/m1/s1. The number of hydrogen-bond acceptors (Lipinski definition) is 8. The van der Waals surface area contributed by atoms with Gasteiger partial charge in [0.2, 0.25) is 5.91 Å². The highest BCUT2D eigenvalue weighted by molar-refractivity contribution is 5.95. The molecule has 1 aliphatic rings. The Balaban J connectivity index is 2.11. The Morgan fingerprint density at radius 3 is 2.38 bits per heavy atom. The number of rotatable bonds is 5. The lowest BCUT2D eigenvalue weighted by molar-refractivity contribution is -0.238. The second-order valence-electron chi connectivity index (χ2n) is 6.11. The number of aromatic carboxylic acids is 1. The second kappa shape index (κ2) is 7.98. The maximum Gasteiger partial charge on any atom is 0.339 e. The average molecular weight is 371 g/mol. The van der Waals surface area contributed by atoms with Crippen molar-refractivity contribution in [1.29, 1.82) is 0 Å². The van der Waals surface area contributed by atoms with Crippen LogP contribution in [-0.2, 0) is 9.53 Å². The maximum absolute atomic E-state index is 12.4. The van der Waals surface area contributed by atoms with Gasteiger partial charge in [0.1, 0.15) is 35.7 Å². The van der Waals surface area contributed by atoms with E-state index in [0.717, 1.165) is 12.1 Å². The number of carboxylic acid groups (broad SMARTS) is 1. The van der Waals surface area contributed by atoms with Crippen LogP contribution in [0.25, 0.3) is 0 Å². The summed E-state index contributed by atoms with van der Waals surface area (Å²) in [6.45, 7) is 0.799. The van der Waals surface area contributed by atoms with E-state index in [4.69, 9.17) is 9.84 Å². The Labute approximate surface area is 148 Å².